The standard InChI is InChI=1S/C10H10F2N2O4/c1-2-18-10(15)5-13-8-3-6(11)7(12)4-9(8)14(16)17/h3-4,13H,2,5H2,1H3. The molecular weight excluding hydrogens is 250 g/mol. The first kappa shape index (κ1) is 13.8. The predicted molar refractivity (Wildman–Crippen MR) is 58.1 cm³/mol. The fourth-order valence-electron chi connectivity index (χ4n) is 1.21. The number of anilines is 1. The van der Waals surface area contributed by atoms with E-state index in [9.17, 15) is 23.7 Å². The Morgan fingerprint density at radius 3 is 2.61 bits per heavy atom. The maximum Gasteiger partial charge on any atom is 0.325 e. The molecule has 0 aliphatic heterocycles. The van der Waals surface area contributed by atoms with Gasteiger partial charge in [-0.2, -0.15) is 0 Å². The topological polar surface area (TPSA) is 81.5 Å². The van der Waals surface area contributed by atoms with Gasteiger partial charge in [0, 0.05) is 6.07 Å². The van der Waals surface area contributed by atoms with E-state index in [1.165, 1.54) is 0 Å². The highest BCUT2D eigenvalue weighted by Crippen LogP contribution is 2.26. The van der Waals surface area contributed by atoms with Crippen LogP contribution in [0.4, 0.5) is 20.2 Å². The molecule has 0 aliphatic rings. The molecule has 0 atom stereocenters. The summed E-state index contributed by atoms with van der Waals surface area (Å²) in [4.78, 5) is 20.8. The average molecular weight is 260 g/mol. The van der Waals surface area contributed by atoms with Crippen LogP contribution >= 0.6 is 0 Å². The molecule has 0 fully saturated rings. The Bertz CT molecular complexity index is 479. The van der Waals surface area contributed by atoms with Gasteiger partial charge in [-0.25, -0.2) is 8.78 Å². The average Bonchev–Trinajstić information content (AvgIpc) is 2.30. The van der Waals surface area contributed by atoms with Crippen molar-refractivity contribution in [2.45, 2.75) is 6.92 Å². The minimum Gasteiger partial charge on any atom is -0.465 e. The van der Waals surface area contributed by atoms with E-state index in [0.717, 1.165) is 0 Å². The number of rotatable bonds is 5. The number of nitro groups is 1. The Labute approximate surface area is 101 Å². The zero-order chi connectivity index (χ0) is 13.7. The van der Waals surface area contributed by atoms with Crippen LogP contribution in [0, 0.1) is 21.7 Å². The summed E-state index contributed by atoms with van der Waals surface area (Å²) in [6.45, 7) is 1.37. The van der Waals surface area contributed by atoms with Gasteiger partial charge in [0.15, 0.2) is 11.6 Å². The lowest BCUT2D eigenvalue weighted by Crippen LogP contribution is -2.17. The van der Waals surface area contributed by atoms with E-state index >= 15 is 0 Å². The first-order chi connectivity index (χ1) is 8.45. The molecule has 0 spiro atoms. The van der Waals surface area contributed by atoms with Crippen molar-refractivity contribution in [3.8, 4) is 0 Å². The molecule has 0 aliphatic carbocycles. The van der Waals surface area contributed by atoms with Crippen LogP contribution in [0.15, 0.2) is 12.1 Å². The van der Waals surface area contributed by atoms with Crippen LogP contribution in [-0.2, 0) is 9.53 Å². The third-order valence-corrected chi connectivity index (χ3v) is 1.96. The number of halogens is 2. The van der Waals surface area contributed by atoms with Crippen LogP contribution in [0.3, 0.4) is 0 Å². The second-order valence-corrected chi connectivity index (χ2v) is 3.20. The van der Waals surface area contributed by atoms with Crippen LogP contribution in [0.1, 0.15) is 6.92 Å². The summed E-state index contributed by atoms with van der Waals surface area (Å²) in [6.07, 6.45) is 0. The lowest BCUT2D eigenvalue weighted by atomic mass is 10.2. The Morgan fingerprint density at radius 2 is 2.06 bits per heavy atom. The van der Waals surface area contributed by atoms with Crippen molar-refractivity contribution in [3.63, 3.8) is 0 Å². The van der Waals surface area contributed by atoms with Gasteiger partial charge in [-0.05, 0) is 6.92 Å². The number of carbonyl (C=O) groups is 1. The van der Waals surface area contributed by atoms with Gasteiger partial charge < -0.3 is 10.1 Å². The highest BCUT2D eigenvalue weighted by Gasteiger charge is 2.19. The maximum absolute atomic E-state index is 12.9. The van der Waals surface area contributed by atoms with E-state index in [1.807, 2.05) is 0 Å². The van der Waals surface area contributed by atoms with Gasteiger partial charge in [0.1, 0.15) is 12.2 Å². The van der Waals surface area contributed by atoms with Gasteiger partial charge in [-0.1, -0.05) is 0 Å². The van der Waals surface area contributed by atoms with Gasteiger partial charge in [0.2, 0.25) is 0 Å². The van der Waals surface area contributed by atoms with Crippen LogP contribution in [-0.4, -0.2) is 24.0 Å². The minimum atomic E-state index is -1.33. The Hall–Kier alpha value is -2.25. The molecule has 1 aromatic carbocycles. The molecule has 0 aromatic heterocycles. The number of nitrogens with zero attached hydrogens (tertiary/aromatic N) is 1. The summed E-state index contributed by atoms with van der Waals surface area (Å²) < 4.78 is 30.4. The minimum absolute atomic E-state index is 0.153. The van der Waals surface area contributed by atoms with Crippen LogP contribution < -0.4 is 5.32 Å². The Balaban J connectivity index is 2.90. The number of nitrogens with one attached hydrogen (secondary N) is 1. The molecule has 6 nitrogen and oxygen atoms in total. The molecule has 1 rings (SSSR count). The molecule has 0 amide bonds. The second kappa shape index (κ2) is 5.89. The Kier molecular flexibility index (Phi) is 4.52. The van der Waals surface area contributed by atoms with E-state index in [-0.39, 0.29) is 18.8 Å². The summed E-state index contributed by atoms with van der Waals surface area (Å²) in [5.41, 5.74) is -0.940. The SMILES string of the molecule is CCOC(=O)CNc1cc(F)c(F)cc1[N+](=O)[O-]. The summed E-state index contributed by atoms with van der Waals surface area (Å²) in [5, 5.41) is 12.9. The third-order valence-electron chi connectivity index (χ3n) is 1.96. The van der Waals surface area contributed by atoms with Gasteiger partial charge in [-0.15, -0.1) is 0 Å². The quantitative estimate of drug-likeness (QED) is 0.496. The fraction of sp³-hybridized carbons (Fsp3) is 0.300. The van der Waals surface area contributed by atoms with Gasteiger partial charge >= 0.3 is 5.97 Å². The third kappa shape index (κ3) is 3.37. The van der Waals surface area contributed by atoms with E-state index in [4.69, 9.17) is 0 Å². The van der Waals surface area contributed by atoms with Crippen molar-refractivity contribution in [1.29, 1.82) is 0 Å². The molecule has 98 valence electrons. The molecule has 1 aromatic rings. The van der Waals surface area contributed by atoms with E-state index in [1.54, 1.807) is 6.92 Å². The lowest BCUT2D eigenvalue weighted by molar-refractivity contribution is -0.384. The molecule has 0 heterocycles. The maximum atomic E-state index is 12.9. The van der Waals surface area contributed by atoms with Gasteiger partial charge in [-0.3, -0.25) is 14.9 Å². The smallest absolute Gasteiger partial charge is 0.325 e. The number of ether oxygens (including phenoxy) is 1. The molecule has 1 N–H and O–H groups in total. The van der Waals surface area contributed by atoms with Crippen LogP contribution in [0.25, 0.3) is 0 Å². The molecule has 8 heteroatoms. The zero-order valence-corrected chi connectivity index (χ0v) is 9.41. The number of hydrogen-bond donors (Lipinski definition) is 1. The lowest BCUT2D eigenvalue weighted by Gasteiger charge is -2.07. The van der Waals surface area contributed by atoms with Crippen molar-refractivity contribution in [2.75, 3.05) is 18.5 Å². The number of benzene rings is 1. The molecule has 18 heavy (non-hydrogen) atoms. The first-order valence-corrected chi connectivity index (χ1v) is 4.98. The van der Waals surface area contributed by atoms with Crippen molar-refractivity contribution < 1.29 is 23.2 Å². The number of nitro benzene ring substituents is 1. The Morgan fingerprint density at radius 1 is 1.44 bits per heavy atom. The summed E-state index contributed by atoms with van der Waals surface area (Å²) >= 11 is 0. The largest absolute Gasteiger partial charge is 0.465 e. The summed E-state index contributed by atoms with van der Waals surface area (Å²) in [7, 11) is 0. The summed E-state index contributed by atoms with van der Waals surface area (Å²) in [5.74, 6) is -3.23. The number of esters is 1. The van der Waals surface area contributed by atoms with E-state index in [2.05, 4.69) is 10.1 Å². The summed E-state index contributed by atoms with van der Waals surface area (Å²) in [6, 6.07) is 1.06. The molecule has 0 saturated carbocycles. The van der Waals surface area contributed by atoms with E-state index in [0.29, 0.717) is 12.1 Å². The second-order valence-electron chi connectivity index (χ2n) is 3.20. The highest BCUT2D eigenvalue weighted by molar-refractivity contribution is 5.76. The molecule has 0 unspecified atom stereocenters. The van der Waals surface area contributed by atoms with Crippen LogP contribution in [0.5, 0.6) is 0 Å². The molecule has 0 radical (unpaired) electrons. The molecular formula is C10H10F2N2O4. The number of hydrogen-bond acceptors (Lipinski definition) is 5. The number of carbonyl (C=O) groups excluding carboxylic acids is 1. The van der Waals surface area contributed by atoms with Crippen LogP contribution in [0.2, 0.25) is 0 Å². The fourth-order valence-corrected chi connectivity index (χ4v) is 1.21. The predicted octanol–water partition coefficient (Wildman–Crippen LogP) is 1.85. The normalized spacial score (nSPS) is 9.94. The van der Waals surface area contributed by atoms with Gasteiger partial charge in [0.25, 0.3) is 5.69 Å². The zero-order valence-electron chi connectivity index (χ0n) is 9.41. The van der Waals surface area contributed by atoms with Crippen molar-refractivity contribution in [3.05, 3.63) is 33.9 Å². The van der Waals surface area contributed by atoms with Crippen molar-refractivity contribution >= 4 is 17.3 Å². The van der Waals surface area contributed by atoms with Crippen molar-refractivity contribution in [1.82, 2.24) is 0 Å². The van der Waals surface area contributed by atoms with Crippen molar-refractivity contribution in [2.24, 2.45) is 0 Å². The molecule has 0 bridgehead atoms. The monoisotopic (exact) mass is 260 g/mol. The first-order valence-electron chi connectivity index (χ1n) is 4.98. The molecule has 0 saturated heterocycles. The van der Waals surface area contributed by atoms with Gasteiger partial charge in [0.05, 0.1) is 17.6 Å². The highest BCUT2D eigenvalue weighted by atomic mass is 19.2. The van der Waals surface area contributed by atoms with E-state index < -0.39 is 28.2 Å².